The van der Waals surface area contributed by atoms with Gasteiger partial charge in [0.1, 0.15) is 0 Å². The summed E-state index contributed by atoms with van der Waals surface area (Å²) in [4.78, 5) is 7.03. The lowest BCUT2D eigenvalue weighted by molar-refractivity contribution is 0.309. The quantitative estimate of drug-likeness (QED) is 0.360. The van der Waals surface area contributed by atoms with Gasteiger partial charge >= 0.3 is 0 Å². The number of rotatable bonds is 5. The van der Waals surface area contributed by atoms with Gasteiger partial charge in [-0.2, -0.15) is 0 Å². The molecule has 0 aromatic heterocycles. The highest BCUT2D eigenvalue weighted by Gasteiger charge is 2.41. The Morgan fingerprint density at radius 3 is 2.69 bits per heavy atom. The van der Waals surface area contributed by atoms with Crippen LogP contribution in [-0.2, 0) is 16.4 Å². The molecule has 162 valence electrons. The van der Waals surface area contributed by atoms with Crippen LogP contribution in [0.1, 0.15) is 44.6 Å². The number of halogens is 1. The zero-order valence-electron chi connectivity index (χ0n) is 17.3. The smallest absolute Gasteiger partial charge is 0.237 e. The van der Waals surface area contributed by atoms with E-state index >= 15 is 0 Å². The van der Waals surface area contributed by atoms with E-state index in [1.54, 1.807) is 4.31 Å². The van der Waals surface area contributed by atoms with E-state index in [-0.39, 0.29) is 29.7 Å². The molecule has 2 heterocycles. The number of guanidine groups is 1. The van der Waals surface area contributed by atoms with Crippen LogP contribution in [0.25, 0.3) is 0 Å². The number of likely N-dealkylation sites (tertiary alicyclic amines) is 1. The highest BCUT2D eigenvalue weighted by molar-refractivity contribution is 14.0. The molecule has 1 aliphatic carbocycles. The molecule has 2 aliphatic heterocycles. The van der Waals surface area contributed by atoms with Crippen molar-refractivity contribution >= 4 is 45.6 Å². The van der Waals surface area contributed by atoms with E-state index in [1.807, 2.05) is 24.3 Å². The normalized spacial score (nSPS) is 20.8. The molecule has 0 atom stereocenters. The molecule has 1 N–H and O–H groups in total. The van der Waals surface area contributed by atoms with Gasteiger partial charge in [-0.3, -0.25) is 9.30 Å². The molecular formula is C21H33IN4O2S. The Hall–Kier alpha value is -1.03. The molecule has 1 aromatic carbocycles. The first kappa shape index (κ1) is 22.7. The second-order valence-corrected chi connectivity index (χ2v) is 10.4. The summed E-state index contributed by atoms with van der Waals surface area (Å²) in [5.74, 6) is 0.929. The molecule has 1 aromatic rings. The molecule has 3 aliphatic rings. The average Bonchev–Trinajstić information content (AvgIpc) is 3.42. The third-order valence-corrected chi connectivity index (χ3v) is 8.28. The van der Waals surface area contributed by atoms with Crippen molar-refractivity contribution in [2.45, 2.75) is 45.4 Å². The Balaban J connectivity index is 0.00000240. The SMILES string of the molecule is CCNC(=NCCS(=O)(=O)N1CCc2ccccc21)N1CCC2(CCCC2)C1.I. The van der Waals surface area contributed by atoms with Gasteiger partial charge in [0.05, 0.1) is 18.0 Å². The molecule has 29 heavy (non-hydrogen) atoms. The fraction of sp³-hybridized carbons (Fsp3) is 0.667. The Morgan fingerprint density at radius 1 is 1.17 bits per heavy atom. The molecule has 1 saturated carbocycles. The summed E-state index contributed by atoms with van der Waals surface area (Å²) >= 11 is 0. The first-order valence-corrected chi connectivity index (χ1v) is 12.3. The number of para-hydroxylation sites is 1. The Kier molecular flexibility index (Phi) is 7.35. The van der Waals surface area contributed by atoms with Crippen molar-refractivity contribution in [3.63, 3.8) is 0 Å². The predicted octanol–water partition coefficient (Wildman–Crippen LogP) is 3.23. The summed E-state index contributed by atoms with van der Waals surface area (Å²) in [6, 6.07) is 7.78. The fourth-order valence-electron chi connectivity index (χ4n) is 5.05. The van der Waals surface area contributed by atoms with Gasteiger partial charge in [0.25, 0.3) is 0 Å². The number of nitrogens with zero attached hydrogens (tertiary/aromatic N) is 3. The lowest BCUT2D eigenvalue weighted by Crippen LogP contribution is -2.41. The van der Waals surface area contributed by atoms with Crippen LogP contribution in [0.4, 0.5) is 5.69 Å². The molecule has 4 rings (SSSR count). The van der Waals surface area contributed by atoms with Crippen LogP contribution in [0.5, 0.6) is 0 Å². The van der Waals surface area contributed by atoms with E-state index in [0.29, 0.717) is 18.5 Å². The van der Waals surface area contributed by atoms with Crippen molar-refractivity contribution in [1.29, 1.82) is 0 Å². The lowest BCUT2D eigenvalue weighted by Gasteiger charge is -2.26. The molecule has 0 radical (unpaired) electrons. The first-order chi connectivity index (χ1) is 13.5. The highest BCUT2D eigenvalue weighted by atomic mass is 127. The maximum absolute atomic E-state index is 12.9. The number of hydrogen-bond acceptors (Lipinski definition) is 3. The minimum absolute atomic E-state index is 0. The van der Waals surface area contributed by atoms with E-state index in [1.165, 1.54) is 32.1 Å². The molecule has 0 bridgehead atoms. The molecule has 8 heteroatoms. The number of benzene rings is 1. The van der Waals surface area contributed by atoms with Gasteiger partial charge in [0.2, 0.25) is 10.0 Å². The lowest BCUT2D eigenvalue weighted by atomic mass is 9.86. The molecule has 0 amide bonds. The third kappa shape index (κ3) is 4.84. The van der Waals surface area contributed by atoms with Crippen LogP contribution in [-0.4, -0.2) is 57.8 Å². The molecular weight excluding hydrogens is 499 g/mol. The second kappa shape index (κ2) is 9.41. The topological polar surface area (TPSA) is 65.0 Å². The van der Waals surface area contributed by atoms with Gasteiger partial charge in [-0.05, 0) is 49.7 Å². The third-order valence-electron chi connectivity index (χ3n) is 6.53. The maximum atomic E-state index is 12.9. The van der Waals surface area contributed by atoms with Crippen LogP contribution in [0.2, 0.25) is 0 Å². The Bertz CT molecular complexity index is 837. The van der Waals surface area contributed by atoms with E-state index in [2.05, 4.69) is 22.1 Å². The van der Waals surface area contributed by atoms with Gasteiger partial charge in [-0.25, -0.2) is 8.42 Å². The van der Waals surface area contributed by atoms with E-state index in [9.17, 15) is 8.42 Å². The van der Waals surface area contributed by atoms with Crippen molar-refractivity contribution in [2.75, 3.05) is 42.8 Å². The minimum Gasteiger partial charge on any atom is -0.357 e. The number of hydrogen-bond donors (Lipinski definition) is 1. The van der Waals surface area contributed by atoms with Crippen molar-refractivity contribution in [1.82, 2.24) is 10.2 Å². The second-order valence-electron chi connectivity index (χ2n) is 8.38. The molecule has 1 spiro atoms. The fourth-order valence-corrected chi connectivity index (χ4v) is 6.44. The minimum atomic E-state index is -3.35. The van der Waals surface area contributed by atoms with E-state index < -0.39 is 10.0 Å². The van der Waals surface area contributed by atoms with Gasteiger partial charge in [-0.1, -0.05) is 31.0 Å². The summed E-state index contributed by atoms with van der Waals surface area (Å²) in [6.07, 6.45) is 7.36. The number of sulfonamides is 1. The van der Waals surface area contributed by atoms with Crippen molar-refractivity contribution < 1.29 is 8.42 Å². The number of aliphatic imine (C=N–C) groups is 1. The largest absolute Gasteiger partial charge is 0.357 e. The van der Waals surface area contributed by atoms with Crippen LogP contribution in [0.3, 0.4) is 0 Å². The number of anilines is 1. The Morgan fingerprint density at radius 2 is 1.93 bits per heavy atom. The van der Waals surface area contributed by atoms with Crippen LogP contribution in [0.15, 0.2) is 29.3 Å². The van der Waals surface area contributed by atoms with Crippen LogP contribution in [0, 0.1) is 5.41 Å². The molecule has 2 fully saturated rings. The zero-order chi connectivity index (χ0) is 19.6. The van der Waals surface area contributed by atoms with Crippen molar-refractivity contribution in [2.24, 2.45) is 10.4 Å². The van der Waals surface area contributed by atoms with Gasteiger partial charge in [0.15, 0.2) is 5.96 Å². The molecule has 6 nitrogen and oxygen atoms in total. The van der Waals surface area contributed by atoms with Gasteiger partial charge in [-0.15, -0.1) is 24.0 Å². The summed E-state index contributed by atoms with van der Waals surface area (Å²) in [5.41, 5.74) is 2.42. The van der Waals surface area contributed by atoms with Gasteiger partial charge < -0.3 is 10.2 Å². The maximum Gasteiger partial charge on any atom is 0.237 e. The predicted molar refractivity (Wildman–Crippen MR) is 130 cm³/mol. The van der Waals surface area contributed by atoms with Crippen LogP contribution >= 0.6 is 24.0 Å². The van der Waals surface area contributed by atoms with Crippen molar-refractivity contribution in [3.8, 4) is 0 Å². The summed E-state index contributed by atoms with van der Waals surface area (Å²) in [6.45, 7) is 5.79. The number of nitrogens with one attached hydrogen (secondary N) is 1. The Labute approximate surface area is 192 Å². The molecule has 1 saturated heterocycles. The summed E-state index contributed by atoms with van der Waals surface area (Å²) < 4.78 is 27.3. The standard InChI is InChI=1S/C21H32N4O2S.HI/c1-2-22-20(24-15-12-21(17-24)10-5-6-11-21)23-13-16-28(26,27)25-14-9-18-7-3-4-8-19(18)25;/h3-4,7-8H,2,5-6,9-17H2,1H3,(H,22,23);1H. The first-order valence-electron chi connectivity index (χ1n) is 10.6. The summed E-state index contributed by atoms with van der Waals surface area (Å²) in [7, 11) is -3.35. The number of fused-ring (bicyclic) bond motifs is 1. The van der Waals surface area contributed by atoms with Gasteiger partial charge in [0, 0.05) is 26.2 Å². The highest BCUT2D eigenvalue weighted by Crippen LogP contribution is 2.45. The zero-order valence-corrected chi connectivity index (χ0v) is 20.4. The van der Waals surface area contributed by atoms with Crippen LogP contribution < -0.4 is 9.62 Å². The molecule has 0 unspecified atom stereocenters. The summed E-state index contributed by atoms with van der Waals surface area (Å²) in [5, 5.41) is 3.37. The van der Waals surface area contributed by atoms with E-state index in [4.69, 9.17) is 0 Å². The average molecular weight is 532 g/mol. The van der Waals surface area contributed by atoms with Crippen molar-refractivity contribution in [3.05, 3.63) is 29.8 Å². The van der Waals surface area contributed by atoms with E-state index in [0.717, 1.165) is 43.3 Å². The monoisotopic (exact) mass is 532 g/mol.